The van der Waals surface area contributed by atoms with Gasteiger partial charge in [-0.2, -0.15) is 0 Å². The molecular weight excluding hydrogens is 428 g/mol. The summed E-state index contributed by atoms with van der Waals surface area (Å²) >= 11 is 0. The molecule has 3 rings (SSSR count). The molecule has 0 aromatic heterocycles. The van der Waals surface area contributed by atoms with E-state index in [-0.39, 0.29) is 10.5 Å². The molecular formula is C24H24N2O5S. The highest BCUT2D eigenvalue weighted by atomic mass is 32.2. The molecule has 0 saturated heterocycles. The minimum Gasteiger partial charge on any atom is -0.465 e. The predicted octanol–water partition coefficient (Wildman–Crippen LogP) is 3.92. The van der Waals surface area contributed by atoms with Crippen LogP contribution in [0.5, 0.6) is 0 Å². The third-order valence-electron chi connectivity index (χ3n) is 4.75. The van der Waals surface area contributed by atoms with Gasteiger partial charge in [0.05, 0.1) is 23.3 Å². The summed E-state index contributed by atoms with van der Waals surface area (Å²) in [4.78, 5) is 24.7. The van der Waals surface area contributed by atoms with Crippen molar-refractivity contribution in [2.24, 2.45) is 0 Å². The largest absolute Gasteiger partial charge is 0.465 e. The van der Waals surface area contributed by atoms with Crippen LogP contribution in [0, 0.1) is 13.8 Å². The Morgan fingerprint density at radius 2 is 1.59 bits per heavy atom. The SMILES string of the molecule is COC(=O)c1cccc(NC(=O)CN(c2cccc(C)c2)S(=O)(=O)c2ccc(C)cc2)c1. The predicted molar refractivity (Wildman–Crippen MR) is 123 cm³/mol. The Labute approximate surface area is 187 Å². The molecule has 0 atom stereocenters. The molecule has 0 heterocycles. The van der Waals surface area contributed by atoms with Crippen LogP contribution in [-0.4, -0.2) is 33.9 Å². The summed E-state index contributed by atoms with van der Waals surface area (Å²) in [6.45, 7) is 3.27. The number of rotatable bonds is 7. The molecule has 7 nitrogen and oxygen atoms in total. The normalized spacial score (nSPS) is 11.0. The minimum atomic E-state index is -4.00. The van der Waals surface area contributed by atoms with Gasteiger partial charge in [-0.3, -0.25) is 9.10 Å². The fraction of sp³-hybridized carbons (Fsp3) is 0.167. The lowest BCUT2D eigenvalue weighted by Crippen LogP contribution is -2.38. The van der Waals surface area contributed by atoms with Crippen LogP contribution in [0.1, 0.15) is 21.5 Å². The number of nitrogens with one attached hydrogen (secondary N) is 1. The molecule has 0 aliphatic heterocycles. The molecule has 0 fully saturated rings. The van der Waals surface area contributed by atoms with E-state index in [2.05, 4.69) is 5.32 Å². The summed E-state index contributed by atoms with van der Waals surface area (Å²) in [7, 11) is -2.74. The Morgan fingerprint density at radius 1 is 0.906 bits per heavy atom. The summed E-state index contributed by atoms with van der Waals surface area (Å²) in [6.07, 6.45) is 0. The van der Waals surface area contributed by atoms with Crippen LogP contribution in [0.25, 0.3) is 0 Å². The molecule has 0 bridgehead atoms. The number of hydrogen-bond acceptors (Lipinski definition) is 5. The molecule has 3 aromatic carbocycles. The van der Waals surface area contributed by atoms with Gasteiger partial charge in [0.1, 0.15) is 6.54 Å². The molecule has 0 spiro atoms. The number of aryl methyl sites for hydroxylation is 2. The average molecular weight is 453 g/mol. The Bertz CT molecular complexity index is 1240. The van der Waals surface area contributed by atoms with Crippen LogP contribution < -0.4 is 9.62 Å². The van der Waals surface area contributed by atoms with Crippen LogP contribution in [0.15, 0.2) is 77.7 Å². The van der Waals surface area contributed by atoms with E-state index in [0.717, 1.165) is 15.4 Å². The molecule has 0 aliphatic carbocycles. The number of nitrogens with zero attached hydrogens (tertiary/aromatic N) is 1. The van der Waals surface area contributed by atoms with Crippen molar-refractivity contribution in [2.75, 3.05) is 23.3 Å². The molecule has 0 aliphatic rings. The van der Waals surface area contributed by atoms with Gasteiger partial charge in [-0.15, -0.1) is 0 Å². The minimum absolute atomic E-state index is 0.0881. The Balaban J connectivity index is 1.92. The zero-order valence-corrected chi connectivity index (χ0v) is 18.8. The van der Waals surface area contributed by atoms with Crippen molar-refractivity contribution in [3.8, 4) is 0 Å². The van der Waals surface area contributed by atoms with Crippen molar-refractivity contribution in [3.05, 3.63) is 89.5 Å². The maximum Gasteiger partial charge on any atom is 0.337 e. The number of ether oxygens (including phenoxy) is 1. The van der Waals surface area contributed by atoms with E-state index in [9.17, 15) is 18.0 Å². The van der Waals surface area contributed by atoms with E-state index >= 15 is 0 Å². The van der Waals surface area contributed by atoms with Gasteiger partial charge in [-0.1, -0.05) is 35.9 Å². The van der Waals surface area contributed by atoms with Crippen LogP contribution in [0.2, 0.25) is 0 Å². The van der Waals surface area contributed by atoms with Gasteiger partial charge >= 0.3 is 5.97 Å². The molecule has 1 amide bonds. The quantitative estimate of drug-likeness (QED) is 0.549. The first-order valence-corrected chi connectivity index (χ1v) is 11.3. The van der Waals surface area contributed by atoms with E-state index < -0.39 is 28.4 Å². The number of esters is 1. The molecule has 32 heavy (non-hydrogen) atoms. The Hall–Kier alpha value is -3.65. The topological polar surface area (TPSA) is 92.8 Å². The van der Waals surface area contributed by atoms with Crippen molar-refractivity contribution in [3.63, 3.8) is 0 Å². The number of hydrogen-bond donors (Lipinski definition) is 1. The van der Waals surface area contributed by atoms with E-state index in [0.29, 0.717) is 11.4 Å². The highest BCUT2D eigenvalue weighted by molar-refractivity contribution is 7.92. The highest BCUT2D eigenvalue weighted by Crippen LogP contribution is 2.25. The third-order valence-corrected chi connectivity index (χ3v) is 6.54. The molecule has 8 heteroatoms. The second-order valence-electron chi connectivity index (χ2n) is 7.28. The van der Waals surface area contributed by atoms with Crippen LogP contribution >= 0.6 is 0 Å². The lowest BCUT2D eigenvalue weighted by molar-refractivity contribution is -0.114. The number of sulfonamides is 1. The Kier molecular flexibility index (Phi) is 6.95. The van der Waals surface area contributed by atoms with Crippen molar-refractivity contribution in [2.45, 2.75) is 18.7 Å². The van der Waals surface area contributed by atoms with Gasteiger partial charge in [-0.05, 0) is 61.9 Å². The first kappa shape index (κ1) is 23.0. The number of amides is 1. The van der Waals surface area contributed by atoms with Gasteiger partial charge in [-0.25, -0.2) is 13.2 Å². The van der Waals surface area contributed by atoms with E-state index in [4.69, 9.17) is 4.74 Å². The molecule has 0 radical (unpaired) electrons. The number of anilines is 2. The number of carbonyl (C=O) groups is 2. The average Bonchev–Trinajstić information content (AvgIpc) is 2.77. The van der Waals surface area contributed by atoms with Gasteiger partial charge in [0, 0.05) is 5.69 Å². The van der Waals surface area contributed by atoms with E-state index in [1.165, 1.54) is 25.3 Å². The lowest BCUT2D eigenvalue weighted by atomic mass is 10.2. The monoisotopic (exact) mass is 452 g/mol. The van der Waals surface area contributed by atoms with Crippen LogP contribution in [-0.2, 0) is 19.6 Å². The van der Waals surface area contributed by atoms with Gasteiger partial charge in [0.25, 0.3) is 10.0 Å². The number of carbonyl (C=O) groups excluding carboxylic acids is 2. The summed E-state index contributed by atoms with van der Waals surface area (Å²) in [6, 6.07) is 19.6. The smallest absolute Gasteiger partial charge is 0.337 e. The summed E-state index contributed by atoms with van der Waals surface area (Å²) in [5, 5.41) is 2.66. The van der Waals surface area contributed by atoms with Crippen molar-refractivity contribution < 1.29 is 22.7 Å². The summed E-state index contributed by atoms with van der Waals surface area (Å²) < 4.78 is 32.6. The van der Waals surface area contributed by atoms with Gasteiger partial charge in [0.15, 0.2) is 0 Å². The Morgan fingerprint density at radius 3 is 2.25 bits per heavy atom. The zero-order valence-electron chi connectivity index (χ0n) is 18.0. The molecule has 3 aromatic rings. The van der Waals surface area contributed by atoms with Gasteiger partial charge < -0.3 is 10.1 Å². The number of methoxy groups -OCH3 is 1. The number of benzene rings is 3. The van der Waals surface area contributed by atoms with Crippen molar-refractivity contribution >= 4 is 33.3 Å². The van der Waals surface area contributed by atoms with E-state index in [1.807, 2.05) is 19.9 Å². The van der Waals surface area contributed by atoms with Crippen molar-refractivity contribution in [1.82, 2.24) is 0 Å². The second kappa shape index (κ2) is 9.65. The van der Waals surface area contributed by atoms with Crippen LogP contribution in [0.4, 0.5) is 11.4 Å². The fourth-order valence-corrected chi connectivity index (χ4v) is 4.52. The molecule has 1 N–H and O–H groups in total. The maximum atomic E-state index is 13.4. The molecule has 0 saturated carbocycles. The molecule has 0 unspecified atom stereocenters. The van der Waals surface area contributed by atoms with Crippen LogP contribution in [0.3, 0.4) is 0 Å². The summed E-state index contributed by atoms with van der Waals surface area (Å²) in [5.74, 6) is -1.09. The summed E-state index contributed by atoms with van der Waals surface area (Å²) in [5.41, 5.74) is 2.79. The van der Waals surface area contributed by atoms with Gasteiger partial charge in [0.2, 0.25) is 5.91 Å². The standard InChI is InChI=1S/C24H24N2O5S/c1-17-10-12-22(13-11-17)32(29,30)26(21-9-4-6-18(2)14-21)16-23(27)25-20-8-5-7-19(15-20)24(28)31-3/h4-15H,16H2,1-3H3,(H,25,27). The second-order valence-corrected chi connectivity index (χ2v) is 9.15. The fourth-order valence-electron chi connectivity index (χ4n) is 3.11. The first-order chi connectivity index (χ1) is 15.2. The molecule has 166 valence electrons. The van der Waals surface area contributed by atoms with Crippen molar-refractivity contribution in [1.29, 1.82) is 0 Å². The lowest BCUT2D eigenvalue weighted by Gasteiger charge is -2.24. The zero-order chi connectivity index (χ0) is 23.3. The maximum absolute atomic E-state index is 13.4. The highest BCUT2D eigenvalue weighted by Gasteiger charge is 2.27. The first-order valence-electron chi connectivity index (χ1n) is 9.85. The third kappa shape index (κ3) is 5.33. The van der Waals surface area contributed by atoms with E-state index in [1.54, 1.807) is 48.5 Å².